The predicted molar refractivity (Wildman–Crippen MR) is 385 cm³/mol. The summed E-state index contributed by atoms with van der Waals surface area (Å²) in [4.78, 5) is 0. The standard InChI is InChI=1S/C12H18.C10H15N.C10H14O.C10H14S.C7H16.C6H15N.C6H14O.C6H14S.4C2H6/c1-4-10-12(2,3)11-8-6-5-7-9-11;3*1-10(2,11-3)9-7-5-4-6-8-9;1-5-7(3,4)6-2;3*1-5-6(2,3)7-4;4*1-2/h5-9H,4,10H2,1-3H3;4-8,11H,1-3H3;2*4-8H,1-3H3;5-6H2,1-4H3;7H,5H2,1-4H3;2*5H2,1-4H3;4*1-2H3. The van der Waals surface area contributed by atoms with E-state index in [1.54, 1.807) is 14.2 Å². The van der Waals surface area contributed by atoms with Gasteiger partial charge in [-0.1, -0.05) is 279 Å². The summed E-state index contributed by atoms with van der Waals surface area (Å²) in [5.41, 5.74) is 6.64. The zero-order valence-electron chi connectivity index (χ0n) is 61.1. The highest BCUT2D eigenvalue weighted by molar-refractivity contribution is 8.00. The second-order valence-corrected chi connectivity index (χ2v) is 26.3. The molecule has 0 saturated heterocycles. The molecule has 0 heterocycles. The van der Waals surface area contributed by atoms with Gasteiger partial charge in [0.15, 0.2) is 0 Å². The summed E-state index contributed by atoms with van der Waals surface area (Å²) < 4.78 is 11.2. The smallest absolute Gasteiger partial charge is 0.0871 e. The minimum atomic E-state index is -0.165. The predicted octanol–water partition coefficient (Wildman–Crippen LogP) is 24.4. The Morgan fingerprint density at radius 3 is 0.901 bits per heavy atom. The molecule has 0 fully saturated rings. The van der Waals surface area contributed by atoms with Gasteiger partial charge in [0.1, 0.15) is 0 Å². The van der Waals surface area contributed by atoms with Gasteiger partial charge in [-0.15, -0.1) is 0 Å². The van der Waals surface area contributed by atoms with E-state index >= 15 is 0 Å². The Hall–Kier alpha value is -2.58. The summed E-state index contributed by atoms with van der Waals surface area (Å²) in [6.45, 7) is 64.4. The van der Waals surface area contributed by atoms with Gasteiger partial charge in [-0.25, -0.2) is 0 Å². The van der Waals surface area contributed by atoms with E-state index in [9.17, 15) is 0 Å². The highest BCUT2D eigenvalue weighted by Crippen LogP contribution is 2.33. The van der Waals surface area contributed by atoms with Crippen molar-refractivity contribution in [3.05, 3.63) is 144 Å². The lowest BCUT2D eigenvalue weighted by molar-refractivity contribution is 0.0191. The van der Waals surface area contributed by atoms with Crippen LogP contribution in [0.1, 0.15) is 275 Å². The molecular formula is C75H144N2O2S2. The van der Waals surface area contributed by atoms with Gasteiger partial charge in [-0.3, -0.25) is 0 Å². The third kappa shape index (κ3) is 53.9. The SMILES string of the molecule is CC.CC.CC.CC.CCC(C)(C)CC.CCC(C)(C)NC.CCC(C)(C)OC.CCC(C)(C)SC.CCCC(C)(C)c1ccccc1.CNC(C)(C)c1ccccc1.COC(C)(C)c1ccccc1.CSC(C)(C)c1ccccc1. The van der Waals surface area contributed by atoms with Crippen molar-refractivity contribution in [2.75, 3.05) is 40.8 Å². The molecular weight excluding hydrogens is 1020 g/mol. The van der Waals surface area contributed by atoms with E-state index in [-0.39, 0.29) is 21.5 Å². The number of hydrogen-bond donors (Lipinski definition) is 2. The molecule has 81 heavy (non-hydrogen) atoms. The van der Waals surface area contributed by atoms with Crippen molar-refractivity contribution < 1.29 is 9.47 Å². The van der Waals surface area contributed by atoms with Crippen LogP contribution in [0, 0.1) is 5.41 Å². The molecule has 0 saturated carbocycles. The van der Waals surface area contributed by atoms with E-state index in [0.717, 1.165) is 6.42 Å². The minimum absolute atomic E-state index is 0.0833. The lowest BCUT2D eigenvalue weighted by atomic mass is 9.81. The Kier molecular flexibility index (Phi) is 64.7. The fourth-order valence-corrected chi connectivity index (χ4v) is 5.95. The highest BCUT2D eigenvalue weighted by atomic mass is 32.2. The normalized spacial score (nSPS) is 10.9. The van der Waals surface area contributed by atoms with Gasteiger partial charge in [0.05, 0.1) is 11.2 Å². The second-order valence-electron chi connectivity index (χ2n) is 23.4. The van der Waals surface area contributed by atoms with Crippen molar-refractivity contribution in [3.8, 4) is 0 Å². The largest absolute Gasteiger partial charge is 0.379 e. The van der Waals surface area contributed by atoms with E-state index in [4.69, 9.17) is 9.47 Å². The lowest BCUT2D eigenvalue weighted by Crippen LogP contribution is -2.34. The van der Waals surface area contributed by atoms with Gasteiger partial charge in [-0.2, -0.15) is 23.5 Å². The zero-order chi connectivity index (χ0) is 65.6. The molecule has 6 heteroatoms. The van der Waals surface area contributed by atoms with Crippen molar-refractivity contribution in [2.24, 2.45) is 5.41 Å². The summed E-state index contributed by atoms with van der Waals surface area (Å²) >= 11 is 3.81. The molecule has 0 bridgehead atoms. The van der Waals surface area contributed by atoms with Crippen LogP contribution in [0.25, 0.3) is 0 Å². The first-order valence-electron chi connectivity index (χ1n) is 31.5. The number of rotatable bonds is 17. The van der Waals surface area contributed by atoms with Crippen LogP contribution in [-0.4, -0.2) is 56.7 Å². The highest BCUT2D eigenvalue weighted by Gasteiger charge is 2.20. The van der Waals surface area contributed by atoms with Crippen LogP contribution in [0.2, 0.25) is 0 Å². The van der Waals surface area contributed by atoms with Crippen LogP contribution in [-0.2, 0) is 30.8 Å². The third-order valence-electron chi connectivity index (χ3n) is 14.8. The molecule has 0 aliphatic carbocycles. The second kappa shape index (κ2) is 55.3. The van der Waals surface area contributed by atoms with Gasteiger partial charge in [-0.05, 0) is 155 Å². The summed E-state index contributed by atoms with van der Waals surface area (Å²) in [6, 6.07) is 42.0. The first-order chi connectivity index (χ1) is 37.6. The minimum Gasteiger partial charge on any atom is -0.379 e. The number of benzene rings is 4. The van der Waals surface area contributed by atoms with Gasteiger partial charge < -0.3 is 20.1 Å². The molecule has 0 amide bonds. The van der Waals surface area contributed by atoms with Gasteiger partial charge in [0.2, 0.25) is 0 Å². The number of nitrogens with one attached hydrogen (secondary N) is 2. The van der Waals surface area contributed by atoms with Crippen LogP contribution < -0.4 is 10.6 Å². The Morgan fingerprint density at radius 1 is 0.383 bits per heavy atom. The van der Waals surface area contributed by atoms with Crippen LogP contribution in [0.4, 0.5) is 0 Å². The Labute approximate surface area is 520 Å². The first kappa shape index (κ1) is 94.8. The van der Waals surface area contributed by atoms with E-state index in [2.05, 4.69) is 273 Å². The molecule has 0 spiro atoms. The first-order valence-corrected chi connectivity index (χ1v) is 33.9. The zero-order valence-corrected chi connectivity index (χ0v) is 62.8. The van der Waals surface area contributed by atoms with E-state index in [0.29, 0.717) is 21.1 Å². The molecule has 2 N–H and O–H groups in total. The lowest BCUT2D eigenvalue weighted by Gasteiger charge is -2.24. The number of hydrogen-bond acceptors (Lipinski definition) is 6. The van der Waals surface area contributed by atoms with E-state index in [1.807, 2.05) is 117 Å². The fourth-order valence-electron chi connectivity index (χ4n) is 5.29. The molecule has 0 unspecified atom stereocenters. The van der Waals surface area contributed by atoms with E-state index < -0.39 is 0 Å². The van der Waals surface area contributed by atoms with Gasteiger partial charge in [0.25, 0.3) is 0 Å². The average molecular weight is 1170 g/mol. The Morgan fingerprint density at radius 2 is 0.716 bits per heavy atom. The van der Waals surface area contributed by atoms with Crippen molar-refractivity contribution in [3.63, 3.8) is 0 Å². The summed E-state index contributed by atoms with van der Waals surface area (Å²) in [5.74, 6) is 0. The van der Waals surface area contributed by atoms with Crippen LogP contribution >= 0.6 is 23.5 Å². The number of thioether (sulfide) groups is 2. The van der Waals surface area contributed by atoms with Crippen molar-refractivity contribution in [2.45, 2.75) is 290 Å². The van der Waals surface area contributed by atoms with Crippen molar-refractivity contribution >= 4 is 23.5 Å². The number of methoxy groups -OCH3 is 2. The Balaban J connectivity index is -0.000000124. The fraction of sp³-hybridized carbons (Fsp3) is 0.680. The van der Waals surface area contributed by atoms with Crippen molar-refractivity contribution in [1.29, 1.82) is 0 Å². The van der Waals surface area contributed by atoms with Crippen LogP contribution in [0.3, 0.4) is 0 Å². The average Bonchev–Trinajstić information content (AvgIpc) is 3.51. The summed E-state index contributed by atoms with van der Waals surface area (Å²) in [5, 5.41) is 6.45. The Bertz CT molecular complexity index is 1610. The van der Waals surface area contributed by atoms with E-state index in [1.165, 1.54) is 60.8 Å². The molecule has 0 radical (unpaired) electrons. The number of ether oxygens (including phenoxy) is 2. The monoisotopic (exact) mass is 1170 g/mol. The quantitative estimate of drug-likeness (QED) is 0.110. The molecule has 4 aromatic rings. The summed E-state index contributed by atoms with van der Waals surface area (Å²) in [6.07, 6.45) is 12.9. The maximum Gasteiger partial charge on any atom is 0.0871 e. The van der Waals surface area contributed by atoms with Gasteiger partial charge in [0, 0.05) is 34.8 Å². The molecule has 0 atom stereocenters. The molecule has 0 aliphatic heterocycles. The molecule has 478 valence electrons. The molecule has 4 rings (SSSR count). The molecule has 0 aliphatic rings. The molecule has 4 aromatic carbocycles. The van der Waals surface area contributed by atoms with Crippen LogP contribution in [0.5, 0.6) is 0 Å². The van der Waals surface area contributed by atoms with Crippen LogP contribution in [0.15, 0.2) is 121 Å². The van der Waals surface area contributed by atoms with Crippen molar-refractivity contribution in [1.82, 2.24) is 10.6 Å². The molecule has 0 aromatic heterocycles. The topological polar surface area (TPSA) is 42.5 Å². The molecule has 4 nitrogen and oxygen atoms in total. The van der Waals surface area contributed by atoms with Gasteiger partial charge >= 0.3 is 0 Å². The summed E-state index contributed by atoms with van der Waals surface area (Å²) in [7, 11) is 7.44. The maximum atomic E-state index is 5.32. The third-order valence-corrected chi connectivity index (χ3v) is 17.4. The maximum absolute atomic E-state index is 5.32.